The molecule has 2 N–H and O–H groups in total. The van der Waals surface area contributed by atoms with Gasteiger partial charge in [0.15, 0.2) is 0 Å². The van der Waals surface area contributed by atoms with Crippen molar-refractivity contribution in [3.63, 3.8) is 0 Å². The second-order valence-electron chi connectivity index (χ2n) is 4.34. The van der Waals surface area contributed by atoms with Gasteiger partial charge in [0, 0.05) is 37.2 Å². The molecule has 6 heteroatoms. The quantitative estimate of drug-likeness (QED) is 0.796. The number of hydrogen-bond acceptors (Lipinski definition) is 5. The first-order valence-corrected chi connectivity index (χ1v) is 6.59. The number of nitrogens with one attached hydrogen (secondary N) is 2. The highest BCUT2D eigenvalue weighted by atomic mass is 15.3. The summed E-state index contributed by atoms with van der Waals surface area (Å²) in [5, 5.41) is 10.6. The molecule has 2 aromatic heterocycles. The van der Waals surface area contributed by atoms with Crippen LogP contribution in [0, 0.1) is 6.92 Å². The summed E-state index contributed by atoms with van der Waals surface area (Å²) in [6.07, 6.45) is 4.78. The van der Waals surface area contributed by atoms with E-state index in [-0.39, 0.29) is 0 Å². The van der Waals surface area contributed by atoms with Crippen LogP contribution in [0.15, 0.2) is 24.5 Å². The van der Waals surface area contributed by atoms with E-state index in [1.165, 1.54) is 0 Å². The third-order valence-electron chi connectivity index (χ3n) is 2.59. The molecule has 0 saturated heterocycles. The minimum absolute atomic E-state index is 0.684. The standard InChI is InChI=1S/C13H20N6/c1-3-5-15-13-17-11(2)10-12(18-13)14-7-9-19-8-4-6-16-19/h4,6,8,10H,3,5,7,9H2,1-2H3,(H2,14,15,17,18). The van der Waals surface area contributed by atoms with Crippen molar-refractivity contribution in [2.75, 3.05) is 23.7 Å². The summed E-state index contributed by atoms with van der Waals surface area (Å²) in [5.41, 5.74) is 0.954. The lowest BCUT2D eigenvalue weighted by molar-refractivity contribution is 0.637. The SMILES string of the molecule is CCCNc1nc(C)cc(NCCn2cccn2)n1. The van der Waals surface area contributed by atoms with E-state index in [0.717, 1.165) is 37.6 Å². The van der Waals surface area contributed by atoms with Crippen LogP contribution in [0.5, 0.6) is 0 Å². The van der Waals surface area contributed by atoms with E-state index >= 15 is 0 Å². The first-order valence-electron chi connectivity index (χ1n) is 6.59. The Morgan fingerprint density at radius 1 is 1.21 bits per heavy atom. The van der Waals surface area contributed by atoms with Gasteiger partial charge in [-0.3, -0.25) is 4.68 Å². The molecule has 0 aliphatic rings. The molecule has 0 spiro atoms. The Kier molecular flexibility index (Phi) is 4.72. The fourth-order valence-electron chi connectivity index (χ4n) is 1.71. The van der Waals surface area contributed by atoms with Gasteiger partial charge >= 0.3 is 0 Å². The Bertz CT molecular complexity index is 494. The molecule has 0 bridgehead atoms. The van der Waals surface area contributed by atoms with Gasteiger partial charge in [0.2, 0.25) is 5.95 Å². The first-order chi connectivity index (χ1) is 9.28. The van der Waals surface area contributed by atoms with Crippen molar-refractivity contribution >= 4 is 11.8 Å². The summed E-state index contributed by atoms with van der Waals surface area (Å²) in [6.45, 7) is 6.57. The fourth-order valence-corrected chi connectivity index (χ4v) is 1.71. The van der Waals surface area contributed by atoms with Gasteiger partial charge in [-0.2, -0.15) is 10.1 Å². The Balaban J connectivity index is 1.90. The van der Waals surface area contributed by atoms with Crippen LogP contribution in [0.1, 0.15) is 19.0 Å². The second kappa shape index (κ2) is 6.72. The van der Waals surface area contributed by atoms with Gasteiger partial charge in [0.25, 0.3) is 0 Å². The van der Waals surface area contributed by atoms with E-state index in [1.54, 1.807) is 6.20 Å². The second-order valence-corrected chi connectivity index (χ2v) is 4.34. The molecule has 0 radical (unpaired) electrons. The van der Waals surface area contributed by atoms with Crippen molar-refractivity contribution < 1.29 is 0 Å². The van der Waals surface area contributed by atoms with Crippen LogP contribution in [-0.4, -0.2) is 32.8 Å². The number of hydrogen-bond donors (Lipinski definition) is 2. The van der Waals surface area contributed by atoms with Gasteiger partial charge in [0.05, 0.1) is 6.54 Å². The molecule has 102 valence electrons. The molecule has 0 unspecified atom stereocenters. The summed E-state index contributed by atoms with van der Waals surface area (Å²) < 4.78 is 1.89. The normalized spacial score (nSPS) is 10.4. The molecule has 0 aliphatic carbocycles. The smallest absolute Gasteiger partial charge is 0.224 e. The topological polar surface area (TPSA) is 67.7 Å². The largest absolute Gasteiger partial charge is 0.368 e. The molecular weight excluding hydrogens is 240 g/mol. The highest BCUT2D eigenvalue weighted by Crippen LogP contribution is 2.09. The van der Waals surface area contributed by atoms with Crippen LogP contribution in [0.25, 0.3) is 0 Å². The number of anilines is 2. The average molecular weight is 260 g/mol. The van der Waals surface area contributed by atoms with Gasteiger partial charge in [-0.1, -0.05) is 6.92 Å². The van der Waals surface area contributed by atoms with Gasteiger partial charge < -0.3 is 10.6 Å². The van der Waals surface area contributed by atoms with Crippen molar-refractivity contribution in [3.05, 3.63) is 30.2 Å². The molecule has 2 aromatic rings. The molecule has 0 atom stereocenters. The summed E-state index contributed by atoms with van der Waals surface area (Å²) in [7, 11) is 0. The average Bonchev–Trinajstić information content (AvgIpc) is 2.89. The summed E-state index contributed by atoms with van der Waals surface area (Å²) in [4.78, 5) is 8.78. The minimum atomic E-state index is 0.684. The zero-order chi connectivity index (χ0) is 13.5. The van der Waals surface area contributed by atoms with Gasteiger partial charge in [-0.25, -0.2) is 4.98 Å². The molecule has 2 heterocycles. The zero-order valence-electron chi connectivity index (χ0n) is 11.4. The molecule has 0 aromatic carbocycles. The lowest BCUT2D eigenvalue weighted by atomic mass is 10.4. The lowest BCUT2D eigenvalue weighted by Crippen LogP contribution is -2.13. The molecular formula is C13H20N6. The molecule has 0 saturated carbocycles. The maximum Gasteiger partial charge on any atom is 0.224 e. The van der Waals surface area contributed by atoms with Crippen LogP contribution >= 0.6 is 0 Å². The summed E-state index contributed by atoms with van der Waals surface area (Å²) in [5.74, 6) is 1.53. The highest BCUT2D eigenvalue weighted by Gasteiger charge is 2.01. The summed E-state index contributed by atoms with van der Waals surface area (Å²) in [6, 6.07) is 3.86. The van der Waals surface area contributed by atoms with Crippen LogP contribution in [-0.2, 0) is 6.54 Å². The van der Waals surface area contributed by atoms with E-state index in [2.05, 4.69) is 32.6 Å². The van der Waals surface area contributed by atoms with Crippen LogP contribution in [0.3, 0.4) is 0 Å². The number of aryl methyl sites for hydroxylation is 1. The van der Waals surface area contributed by atoms with Crippen LogP contribution < -0.4 is 10.6 Å². The van der Waals surface area contributed by atoms with E-state index in [4.69, 9.17) is 0 Å². The minimum Gasteiger partial charge on any atom is -0.368 e. The zero-order valence-corrected chi connectivity index (χ0v) is 11.4. The van der Waals surface area contributed by atoms with Crippen LogP contribution in [0.4, 0.5) is 11.8 Å². The lowest BCUT2D eigenvalue weighted by Gasteiger charge is -2.09. The van der Waals surface area contributed by atoms with Crippen molar-refractivity contribution in [2.45, 2.75) is 26.8 Å². The molecule has 2 rings (SSSR count). The van der Waals surface area contributed by atoms with Crippen molar-refractivity contribution in [3.8, 4) is 0 Å². The summed E-state index contributed by atoms with van der Waals surface area (Å²) >= 11 is 0. The maximum absolute atomic E-state index is 4.43. The molecule has 0 aliphatic heterocycles. The fraction of sp³-hybridized carbons (Fsp3) is 0.462. The Hall–Kier alpha value is -2.11. The third-order valence-corrected chi connectivity index (χ3v) is 2.59. The van der Waals surface area contributed by atoms with Gasteiger partial charge in [-0.05, 0) is 19.4 Å². The highest BCUT2D eigenvalue weighted by molar-refractivity contribution is 5.41. The molecule has 19 heavy (non-hydrogen) atoms. The monoisotopic (exact) mass is 260 g/mol. The predicted octanol–water partition coefficient (Wildman–Crippen LogP) is 1.92. The van der Waals surface area contributed by atoms with Gasteiger partial charge in [-0.15, -0.1) is 0 Å². The van der Waals surface area contributed by atoms with Crippen molar-refractivity contribution in [1.29, 1.82) is 0 Å². The maximum atomic E-state index is 4.43. The Labute approximate surface area is 113 Å². The van der Waals surface area contributed by atoms with E-state index in [0.29, 0.717) is 5.95 Å². The number of nitrogens with zero attached hydrogens (tertiary/aromatic N) is 4. The van der Waals surface area contributed by atoms with Crippen molar-refractivity contribution in [1.82, 2.24) is 19.7 Å². The van der Waals surface area contributed by atoms with Crippen molar-refractivity contribution in [2.24, 2.45) is 0 Å². The van der Waals surface area contributed by atoms with Gasteiger partial charge in [0.1, 0.15) is 5.82 Å². The van der Waals surface area contributed by atoms with E-state index < -0.39 is 0 Å². The van der Waals surface area contributed by atoms with Crippen LogP contribution in [0.2, 0.25) is 0 Å². The molecule has 0 fully saturated rings. The Morgan fingerprint density at radius 2 is 2.11 bits per heavy atom. The van der Waals surface area contributed by atoms with E-state index in [9.17, 15) is 0 Å². The number of rotatable bonds is 7. The molecule has 6 nitrogen and oxygen atoms in total. The predicted molar refractivity (Wildman–Crippen MR) is 76.3 cm³/mol. The third kappa shape index (κ3) is 4.24. The van der Waals surface area contributed by atoms with E-state index in [1.807, 2.05) is 29.9 Å². The first kappa shape index (κ1) is 13.3. The molecule has 0 amide bonds. The Morgan fingerprint density at radius 3 is 2.84 bits per heavy atom. The number of aromatic nitrogens is 4.